The predicted molar refractivity (Wildman–Crippen MR) is 104 cm³/mol. The first-order valence-electron chi connectivity index (χ1n) is 8.96. The molecule has 136 valence electrons. The summed E-state index contributed by atoms with van der Waals surface area (Å²) in [6.45, 7) is 10.5. The van der Waals surface area contributed by atoms with Crippen molar-refractivity contribution in [3.05, 3.63) is 28.9 Å². The molecule has 2 rings (SSSR count). The average molecular weight is 363 g/mol. The van der Waals surface area contributed by atoms with Crippen LogP contribution >= 0.6 is 11.6 Å². The zero-order valence-corrected chi connectivity index (χ0v) is 16.2. The van der Waals surface area contributed by atoms with Gasteiger partial charge in [0.05, 0.1) is 5.02 Å². The molecule has 0 saturated carbocycles. The van der Waals surface area contributed by atoms with E-state index in [1.807, 2.05) is 11.0 Å². The van der Waals surface area contributed by atoms with Crippen LogP contribution in [0.2, 0.25) is 5.02 Å². The van der Waals surface area contributed by atoms with E-state index in [9.17, 15) is 4.79 Å². The molecule has 0 radical (unpaired) electrons. The molecular weight excluding hydrogens is 336 g/mol. The summed E-state index contributed by atoms with van der Waals surface area (Å²) in [7, 11) is 0. The lowest BCUT2D eigenvalue weighted by Gasteiger charge is -2.24. The smallest absolute Gasteiger partial charge is 0.259 e. The van der Waals surface area contributed by atoms with Crippen LogP contribution < -0.4 is 5.32 Å². The van der Waals surface area contributed by atoms with Crippen LogP contribution in [0.3, 0.4) is 0 Å². The lowest BCUT2D eigenvalue weighted by atomic mass is 10.1. The minimum absolute atomic E-state index is 0.0711. The van der Waals surface area contributed by atoms with Crippen LogP contribution in [0, 0.1) is 5.92 Å². The molecule has 0 spiro atoms. The number of carbonyl (C=O) groups is 1. The molecule has 6 heteroatoms. The van der Waals surface area contributed by atoms with Gasteiger partial charge in [-0.3, -0.25) is 4.79 Å². The van der Waals surface area contributed by atoms with Crippen LogP contribution in [0.1, 0.15) is 50.9 Å². The minimum atomic E-state index is -0.0711. The Balaban J connectivity index is 2.55. The summed E-state index contributed by atoms with van der Waals surface area (Å²) >= 11 is 6.63. The van der Waals surface area contributed by atoms with Crippen molar-refractivity contribution in [2.45, 2.75) is 40.5 Å². The number of pyridine rings is 2. The molecule has 0 atom stereocenters. The average Bonchev–Trinajstić information content (AvgIpc) is 2.59. The number of nitrogens with one attached hydrogen (secondary N) is 1. The summed E-state index contributed by atoms with van der Waals surface area (Å²) in [5, 5.41) is 4.41. The standard InChI is InChI=1S/C19H27ClN4O/c1-5-10-24(11-6-2)19(25)15-16(20)14-8-7-9-21-17(14)23-18(15)22-12-13(3)4/h7-9,13H,5-6,10-12H2,1-4H3,(H,21,22,23). The van der Waals surface area contributed by atoms with Gasteiger partial charge in [0.15, 0.2) is 5.65 Å². The molecule has 5 nitrogen and oxygen atoms in total. The van der Waals surface area contributed by atoms with Crippen molar-refractivity contribution in [1.29, 1.82) is 0 Å². The monoisotopic (exact) mass is 362 g/mol. The van der Waals surface area contributed by atoms with Crippen molar-refractivity contribution in [3.63, 3.8) is 0 Å². The highest BCUT2D eigenvalue weighted by atomic mass is 35.5. The van der Waals surface area contributed by atoms with Crippen molar-refractivity contribution < 1.29 is 4.79 Å². The van der Waals surface area contributed by atoms with Gasteiger partial charge < -0.3 is 10.2 Å². The number of nitrogens with zero attached hydrogens (tertiary/aromatic N) is 3. The van der Waals surface area contributed by atoms with E-state index in [0.717, 1.165) is 12.8 Å². The van der Waals surface area contributed by atoms with E-state index >= 15 is 0 Å². The highest BCUT2D eigenvalue weighted by molar-refractivity contribution is 6.39. The fourth-order valence-corrected chi connectivity index (χ4v) is 3.01. The van der Waals surface area contributed by atoms with Crippen molar-refractivity contribution in [2.24, 2.45) is 5.92 Å². The lowest BCUT2D eigenvalue weighted by molar-refractivity contribution is 0.0756. The maximum Gasteiger partial charge on any atom is 0.259 e. The first-order valence-corrected chi connectivity index (χ1v) is 9.34. The molecular formula is C19H27ClN4O. The second kappa shape index (κ2) is 8.99. The third kappa shape index (κ3) is 4.60. The van der Waals surface area contributed by atoms with E-state index in [-0.39, 0.29) is 5.91 Å². The van der Waals surface area contributed by atoms with Crippen LogP contribution in [-0.2, 0) is 0 Å². The molecule has 0 fully saturated rings. The summed E-state index contributed by atoms with van der Waals surface area (Å²) in [4.78, 5) is 23.9. The summed E-state index contributed by atoms with van der Waals surface area (Å²) in [6, 6.07) is 3.66. The summed E-state index contributed by atoms with van der Waals surface area (Å²) in [6.07, 6.45) is 3.49. The Bertz CT molecular complexity index is 727. The second-order valence-corrected chi connectivity index (χ2v) is 6.97. The van der Waals surface area contributed by atoms with Gasteiger partial charge in [-0.15, -0.1) is 0 Å². The van der Waals surface area contributed by atoms with Gasteiger partial charge in [-0.2, -0.15) is 0 Å². The number of fused-ring (bicyclic) bond motifs is 1. The largest absolute Gasteiger partial charge is 0.369 e. The van der Waals surface area contributed by atoms with E-state index in [0.29, 0.717) is 53.0 Å². The maximum atomic E-state index is 13.2. The molecule has 0 saturated heterocycles. The number of anilines is 1. The van der Waals surface area contributed by atoms with E-state index < -0.39 is 0 Å². The predicted octanol–water partition coefficient (Wildman–Crippen LogP) is 4.61. The SMILES string of the molecule is CCCN(CCC)C(=O)c1c(NCC(C)C)nc2ncccc2c1Cl. The number of halogens is 1. The fraction of sp³-hybridized carbons (Fsp3) is 0.526. The van der Waals surface area contributed by atoms with Gasteiger partial charge in [0, 0.05) is 31.2 Å². The quantitative estimate of drug-likeness (QED) is 0.744. The molecule has 0 aliphatic rings. The van der Waals surface area contributed by atoms with Gasteiger partial charge >= 0.3 is 0 Å². The molecule has 2 aromatic heterocycles. The van der Waals surface area contributed by atoms with Crippen LogP contribution in [0.15, 0.2) is 18.3 Å². The number of carbonyl (C=O) groups excluding carboxylic acids is 1. The molecule has 0 unspecified atom stereocenters. The fourth-order valence-electron chi connectivity index (χ4n) is 2.69. The van der Waals surface area contributed by atoms with Gasteiger partial charge in [0.25, 0.3) is 5.91 Å². The molecule has 0 aromatic carbocycles. The number of amides is 1. The third-order valence-corrected chi connectivity index (χ3v) is 4.26. The Hall–Kier alpha value is -1.88. The van der Waals surface area contributed by atoms with Crippen LogP contribution in [0.4, 0.5) is 5.82 Å². The topological polar surface area (TPSA) is 58.1 Å². The lowest BCUT2D eigenvalue weighted by Crippen LogP contribution is -2.33. The molecule has 2 aromatic rings. The van der Waals surface area contributed by atoms with Crippen LogP contribution in [-0.4, -0.2) is 40.4 Å². The number of aromatic nitrogens is 2. The molecule has 1 amide bonds. The van der Waals surface area contributed by atoms with Crippen molar-refractivity contribution in [1.82, 2.24) is 14.9 Å². The van der Waals surface area contributed by atoms with E-state index in [1.165, 1.54) is 0 Å². The Labute approximate surface area is 154 Å². The van der Waals surface area contributed by atoms with Gasteiger partial charge in [-0.05, 0) is 30.9 Å². The number of hydrogen-bond donors (Lipinski definition) is 1. The van der Waals surface area contributed by atoms with Gasteiger partial charge in [-0.1, -0.05) is 39.3 Å². The molecule has 0 aliphatic carbocycles. The van der Waals surface area contributed by atoms with E-state index in [4.69, 9.17) is 11.6 Å². The van der Waals surface area contributed by atoms with E-state index in [2.05, 4.69) is 43.0 Å². The second-order valence-electron chi connectivity index (χ2n) is 6.59. The Morgan fingerprint density at radius 3 is 2.56 bits per heavy atom. The maximum absolute atomic E-state index is 13.2. The summed E-state index contributed by atoms with van der Waals surface area (Å²) in [5.74, 6) is 0.871. The van der Waals surface area contributed by atoms with Gasteiger partial charge in [0.2, 0.25) is 0 Å². The minimum Gasteiger partial charge on any atom is -0.369 e. The zero-order valence-electron chi connectivity index (χ0n) is 15.5. The molecule has 0 aliphatic heterocycles. The molecule has 1 N–H and O–H groups in total. The summed E-state index contributed by atoms with van der Waals surface area (Å²) < 4.78 is 0. The normalized spacial score (nSPS) is 11.1. The Kier molecular flexibility index (Phi) is 7.00. The Morgan fingerprint density at radius 2 is 1.96 bits per heavy atom. The highest BCUT2D eigenvalue weighted by Gasteiger charge is 2.24. The van der Waals surface area contributed by atoms with Crippen LogP contribution in [0.25, 0.3) is 11.0 Å². The van der Waals surface area contributed by atoms with Gasteiger partial charge in [-0.25, -0.2) is 9.97 Å². The van der Waals surface area contributed by atoms with Crippen molar-refractivity contribution in [3.8, 4) is 0 Å². The zero-order chi connectivity index (χ0) is 18.4. The molecule has 0 bridgehead atoms. The molecule has 25 heavy (non-hydrogen) atoms. The first kappa shape index (κ1) is 19.4. The first-order chi connectivity index (χ1) is 12.0. The summed E-state index contributed by atoms with van der Waals surface area (Å²) in [5.41, 5.74) is 0.998. The van der Waals surface area contributed by atoms with Gasteiger partial charge in [0.1, 0.15) is 11.4 Å². The van der Waals surface area contributed by atoms with Crippen molar-refractivity contribution in [2.75, 3.05) is 25.0 Å². The highest BCUT2D eigenvalue weighted by Crippen LogP contribution is 2.31. The van der Waals surface area contributed by atoms with Crippen LogP contribution in [0.5, 0.6) is 0 Å². The van der Waals surface area contributed by atoms with Crippen molar-refractivity contribution >= 4 is 34.4 Å². The third-order valence-electron chi connectivity index (χ3n) is 3.86. The number of hydrogen-bond acceptors (Lipinski definition) is 4. The van der Waals surface area contributed by atoms with E-state index in [1.54, 1.807) is 12.3 Å². The Morgan fingerprint density at radius 1 is 1.28 bits per heavy atom. The number of rotatable bonds is 8. The molecule has 2 heterocycles.